The highest BCUT2D eigenvalue weighted by atomic mass is 32.2. The van der Waals surface area contributed by atoms with Gasteiger partial charge in [-0.25, -0.2) is 8.42 Å². The number of rotatable bonds is 4. The molecule has 0 spiro atoms. The zero-order valence-electron chi connectivity index (χ0n) is 14.1. The van der Waals surface area contributed by atoms with Gasteiger partial charge in [0.05, 0.1) is 15.5 Å². The molecule has 0 atom stereocenters. The Morgan fingerprint density at radius 1 is 1.20 bits per heavy atom. The van der Waals surface area contributed by atoms with Gasteiger partial charge in [0.25, 0.3) is 5.91 Å². The smallest absolute Gasteiger partial charge is 0.265 e. The Morgan fingerprint density at radius 3 is 2.48 bits per heavy atom. The van der Waals surface area contributed by atoms with Crippen LogP contribution in [0.5, 0.6) is 5.75 Å². The van der Waals surface area contributed by atoms with Gasteiger partial charge in [0.1, 0.15) is 5.75 Å². The molecule has 0 radical (unpaired) electrons. The van der Waals surface area contributed by atoms with Crippen molar-refractivity contribution in [1.82, 2.24) is 4.31 Å². The Balaban J connectivity index is 1.88. The van der Waals surface area contributed by atoms with Crippen molar-refractivity contribution in [3.8, 4) is 5.75 Å². The molecule has 134 valence electrons. The molecule has 1 fully saturated rings. The number of hydrogen-bond donors (Lipinski definition) is 2. The SMILES string of the molecule is Cc1cc(C(=O)Nc2cc(S(=O)(=O)N3CCCC3)ccc2O)sc1C. The van der Waals surface area contributed by atoms with Crippen LogP contribution >= 0.6 is 11.3 Å². The Morgan fingerprint density at radius 2 is 1.88 bits per heavy atom. The van der Waals surface area contributed by atoms with Gasteiger partial charge < -0.3 is 10.4 Å². The Labute approximate surface area is 151 Å². The van der Waals surface area contributed by atoms with E-state index in [2.05, 4.69) is 5.32 Å². The molecule has 6 nitrogen and oxygen atoms in total. The molecule has 2 N–H and O–H groups in total. The number of anilines is 1. The first-order valence-corrected chi connectivity index (χ1v) is 10.3. The van der Waals surface area contributed by atoms with Gasteiger partial charge in [0.2, 0.25) is 10.0 Å². The van der Waals surface area contributed by atoms with E-state index in [1.807, 2.05) is 13.8 Å². The van der Waals surface area contributed by atoms with Gasteiger partial charge in [-0.1, -0.05) is 0 Å². The van der Waals surface area contributed by atoms with E-state index in [4.69, 9.17) is 0 Å². The summed E-state index contributed by atoms with van der Waals surface area (Å²) in [5, 5.41) is 12.6. The normalized spacial score (nSPS) is 15.4. The van der Waals surface area contributed by atoms with Crippen LogP contribution in [0.1, 0.15) is 33.0 Å². The monoisotopic (exact) mass is 380 g/mol. The number of benzene rings is 1. The van der Waals surface area contributed by atoms with Crippen LogP contribution in [0.3, 0.4) is 0 Å². The molecule has 1 saturated heterocycles. The van der Waals surface area contributed by atoms with Crippen molar-refractivity contribution in [2.24, 2.45) is 0 Å². The van der Waals surface area contributed by atoms with E-state index in [1.54, 1.807) is 6.07 Å². The first-order valence-electron chi connectivity index (χ1n) is 8.00. The number of phenolic OH excluding ortho intramolecular Hbond substituents is 1. The van der Waals surface area contributed by atoms with Gasteiger partial charge in [-0.15, -0.1) is 11.3 Å². The molecule has 3 rings (SSSR count). The average Bonchev–Trinajstić information content (AvgIpc) is 3.20. The van der Waals surface area contributed by atoms with E-state index in [0.29, 0.717) is 18.0 Å². The number of carbonyl (C=O) groups is 1. The molecule has 25 heavy (non-hydrogen) atoms. The van der Waals surface area contributed by atoms with Gasteiger partial charge >= 0.3 is 0 Å². The number of nitrogens with zero attached hydrogens (tertiary/aromatic N) is 1. The van der Waals surface area contributed by atoms with Crippen LogP contribution in [-0.2, 0) is 10.0 Å². The zero-order chi connectivity index (χ0) is 18.2. The first kappa shape index (κ1) is 17.9. The first-order chi connectivity index (χ1) is 11.8. The van der Waals surface area contributed by atoms with Crippen LogP contribution < -0.4 is 5.32 Å². The van der Waals surface area contributed by atoms with Crippen LogP contribution in [0.15, 0.2) is 29.2 Å². The summed E-state index contributed by atoms with van der Waals surface area (Å²) in [5.41, 5.74) is 1.11. The molecular weight excluding hydrogens is 360 g/mol. The third kappa shape index (κ3) is 3.56. The highest BCUT2D eigenvalue weighted by Gasteiger charge is 2.28. The maximum atomic E-state index is 12.6. The summed E-state index contributed by atoms with van der Waals surface area (Å²) >= 11 is 1.36. The number of amides is 1. The summed E-state index contributed by atoms with van der Waals surface area (Å²) < 4.78 is 26.7. The number of carbonyl (C=O) groups excluding carboxylic acids is 1. The van der Waals surface area contributed by atoms with Gasteiger partial charge in [-0.2, -0.15) is 4.31 Å². The second-order valence-electron chi connectivity index (χ2n) is 6.09. The quantitative estimate of drug-likeness (QED) is 0.798. The molecule has 0 saturated carbocycles. The number of phenols is 1. The van der Waals surface area contributed by atoms with E-state index < -0.39 is 10.0 Å². The fourth-order valence-corrected chi connectivity index (χ4v) is 5.20. The second kappa shape index (κ2) is 6.78. The minimum atomic E-state index is -3.61. The lowest BCUT2D eigenvalue weighted by Crippen LogP contribution is -2.27. The highest BCUT2D eigenvalue weighted by molar-refractivity contribution is 7.89. The molecule has 1 aliphatic rings. The highest BCUT2D eigenvalue weighted by Crippen LogP contribution is 2.30. The van der Waals surface area contributed by atoms with Crippen molar-refractivity contribution >= 4 is 33.0 Å². The van der Waals surface area contributed by atoms with Crippen molar-refractivity contribution in [3.63, 3.8) is 0 Å². The lowest BCUT2D eigenvalue weighted by molar-refractivity contribution is 0.103. The average molecular weight is 380 g/mol. The minimum absolute atomic E-state index is 0.0704. The van der Waals surface area contributed by atoms with E-state index in [0.717, 1.165) is 23.3 Å². The zero-order valence-corrected chi connectivity index (χ0v) is 15.7. The third-order valence-electron chi connectivity index (χ3n) is 4.31. The van der Waals surface area contributed by atoms with Crippen LogP contribution in [0.25, 0.3) is 0 Å². The summed E-state index contributed by atoms with van der Waals surface area (Å²) in [6, 6.07) is 5.74. The van der Waals surface area contributed by atoms with Crippen LogP contribution in [-0.4, -0.2) is 36.8 Å². The summed E-state index contributed by atoms with van der Waals surface area (Å²) in [5.74, 6) is -0.536. The predicted molar refractivity (Wildman–Crippen MR) is 97.8 cm³/mol. The number of aryl methyl sites for hydroxylation is 2. The molecule has 2 aromatic rings. The Hall–Kier alpha value is -1.90. The molecule has 0 unspecified atom stereocenters. The van der Waals surface area contributed by atoms with E-state index in [-0.39, 0.29) is 22.2 Å². The molecule has 0 aliphatic carbocycles. The van der Waals surface area contributed by atoms with E-state index in [1.165, 1.54) is 33.8 Å². The van der Waals surface area contributed by atoms with Crippen molar-refractivity contribution in [3.05, 3.63) is 39.6 Å². The van der Waals surface area contributed by atoms with Crippen LogP contribution in [0.2, 0.25) is 0 Å². The van der Waals surface area contributed by atoms with Crippen molar-refractivity contribution in [1.29, 1.82) is 0 Å². The number of aromatic hydroxyl groups is 1. The van der Waals surface area contributed by atoms with E-state index >= 15 is 0 Å². The summed E-state index contributed by atoms with van der Waals surface area (Å²) in [7, 11) is -3.61. The summed E-state index contributed by atoms with van der Waals surface area (Å²) in [4.78, 5) is 14.0. The molecule has 2 heterocycles. The van der Waals surface area contributed by atoms with Gasteiger partial charge in [0, 0.05) is 18.0 Å². The maximum Gasteiger partial charge on any atom is 0.265 e. The Bertz CT molecular complexity index is 893. The maximum absolute atomic E-state index is 12.6. The molecule has 0 bridgehead atoms. The fourth-order valence-electron chi connectivity index (χ4n) is 2.72. The van der Waals surface area contributed by atoms with Gasteiger partial charge in [0.15, 0.2) is 0 Å². The van der Waals surface area contributed by atoms with Gasteiger partial charge in [-0.3, -0.25) is 4.79 Å². The van der Waals surface area contributed by atoms with Crippen molar-refractivity contribution in [2.45, 2.75) is 31.6 Å². The summed E-state index contributed by atoms with van der Waals surface area (Å²) in [6.45, 7) is 4.85. The standard InChI is InChI=1S/C17H20N2O4S2/c1-11-9-16(24-12(11)2)17(21)18-14-10-13(5-6-15(14)20)25(22,23)19-7-3-4-8-19/h5-6,9-10,20H,3-4,7-8H2,1-2H3,(H,18,21). The van der Waals surface area contributed by atoms with Crippen LogP contribution in [0, 0.1) is 13.8 Å². The Kier molecular flexibility index (Phi) is 4.86. The predicted octanol–water partition coefficient (Wildman–Crippen LogP) is 3.11. The second-order valence-corrected chi connectivity index (χ2v) is 9.29. The lowest BCUT2D eigenvalue weighted by Gasteiger charge is -2.16. The minimum Gasteiger partial charge on any atom is -0.506 e. The number of nitrogens with one attached hydrogen (secondary N) is 1. The van der Waals surface area contributed by atoms with Gasteiger partial charge in [-0.05, 0) is 56.5 Å². The lowest BCUT2D eigenvalue weighted by atomic mass is 10.2. The molecular formula is C17H20N2O4S2. The van der Waals surface area contributed by atoms with Crippen molar-refractivity contribution < 1.29 is 18.3 Å². The number of hydrogen-bond acceptors (Lipinski definition) is 5. The molecule has 1 aromatic heterocycles. The third-order valence-corrected chi connectivity index (χ3v) is 7.35. The van der Waals surface area contributed by atoms with Crippen LogP contribution in [0.4, 0.5) is 5.69 Å². The number of sulfonamides is 1. The molecule has 8 heteroatoms. The molecule has 1 aliphatic heterocycles. The molecule has 1 aromatic carbocycles. The van der Waals surface area contributed by atoms with E-state index in [9.17, 15) is 18.3 Å². The number of thiophene rings is 1. The fraction of sp³-hybridized carbons (Fsp3) is 0.353. The summed E-state index contributed by atoms with van der Waals surface area (Å²) in [6.07, 6.45) is 1.69. The molecule has 1 amide bonds. The topological polar surface area (TPSA) is 86.7 Å². The largest absolute Gasteiger partial charge is 0.506 e. The van der Waals surface area contributed by atoms with Crippen molar-refractivity contribution in [2.75, 3.05) is 18.4 Å².